The Morgan fingerprint density at radius 3 is 2.80 bits per heavy atom. The molecule has 0 radical (unpaired) electrons. The molecule has 4 heteroatoms. The highest BCUT2D eigenvalue weighted by molar-refractivity contribution is 5.72. The third-order valence-electron chi connectivity index (χ3n) is 1.61. The van der Waals surface area contributed by atoms with Gasteiger partial charge in [0, 0.05) is 0 Å². The Balaban J connectivity index is 2.38. The van der Waals surface area contributed by atoms with Crippen molar-refractivity contribution in [3.05, 3.63) is 0 Å². The van der Waals surface area contributed by atoms with Crippen molar-refractivity contribution in [2.24, 2.45) is 11.5 Å². The van der Waals surface area contributed by atoms with Crippen molar-refractivity contribution in [2.75, 3.05) is 6.54 Å². The van der Waals surface area contributed by atoms with Crippen LogP contribution in [-0.2, 0) is 9.53 Å². The first-order valence-corrected chi connectivity index (χ1v) is 3.39. The largest absolute Gasteiger partial charge is 0.461 e. The zero-order chi connectivity index (χ0) is 7.56. The van der Waals surface area contributed by atoms with Gasteiger partial charge in [-0.25, -0.2) is 0 Å². The molecule has 1 saturated heterocycles. The van der Waals surface area contributed by atoms with Crippen LogP contribution in [-0.4, -0.2) is 24.7 Å². The molecular formula is C6H12N2O2. The van der Waals surface area contributed by atoms with E-state index in [4.69, 9.17) is 16.2 Å². The third-order valence-corrected chi connectivity index (χ3v) is 1.61. The monoisotopic (exact) mass is 144 g/mol. The molecule has 1 fully saturated rings. The Hall–Kier alpha value is -0.610. The fourth-order valence-corrected chi connectivity index (χ4v) is 1.07. The van der Waals surface area contributed by atoms with Gasteiger partial charge >= 0.3 is 5.97 Å². The average molecular weight is 144 g/mol. The number of nitrogens with two attached hydrogens (primary N) is 2. The number of ether oxygens (including phenoxy) is 1. The van der Waals surface area contributed by atoms with E-state index in [1.807, 2.05) is 0 Å². The summed E-state index contributed by atoms with van der Waals surface area (Å²) >= 11 is 0. The van der Waals surface area contributed by atoms with Crippen LogP contribution in [0.5, 0.6) is 0 Å². The van der Waals surface area contributed by atoms with Crippen LogP contribution in [0.3, 0.4) is 0 Å². The Kier molecular flexibility index (Phi) is 2.24. The maximum Gasteiger partial charge on any atom is 0.307 e. The minimum atomic E-state index is -0.203. The molecule has 1 aliphatic heterocycles. The molecular weight excluding hydrogens is 132 g/mol. The lowest BCUT2D eigenvalue weighted by Gasteiger charge is -2.10. The lowest BCUT2D eigenvalue weighted by Crippen LogP contribution is -2.31. The van der Waals surface area contributed by atoms with Crippen LogP contribution < -0.4 is 11.5 Å². The van der Waals surface area contributed by atoms with Crippen LogP contribution in [0.15, 0.2) is 0 Å². The van der Waals surface area contributed by atoms with Crippen molar-refractivity contribution < 1.29 is 9.53 Å². The highest BCUT2D eigenvalue weighted by atomic mass is 16.6. The van der Waals surface area contributed by atoms with Gasteiger partial charge in [-0.1, -0.05) is 0 Å². The SMILES string of the molecule is NCC[C@@H]1OC(=O)C[C@@H]1N. The van der Waals surface area contributed by atoms with E-state index >= 15 is 0 Å². The summed E-state index contributed by atoms with van der Waals surface area (Å²) in [7, 11) is 0. The topological polar surface area (TPSA) is 78.3 Å². The quantitative estimate of drug-likeness (QED) is 0.486. The molecule has 4 nitrogen and oxygen atoms in total. The predicted octanol–water partition coefficient (Wildman–Crippen LogP) is -1.02. The van der Waals surface area contributed by atoms with Gasteiger partial charge in [-0.05, 0) is 13.0 Å². The molecule has 4 N–H and O–H groups in total. The maximum atomic E-state index is 10.6. The Bertz CT molecular complexity index is 138. The summed E-state index contributed by atoms with van der Waals surface area (Å²) in [6.45, 7) is 0.519. The average Bonchev–Trinajstić information content (AvgIpc) is 2.13. The second-order valence-corrected chi connectivity index (χ2v) is 2.47. The van der Waals surface area contributed by atoms with Crippen molar-refractivity contribution >= 4 is 5.97 Å². The van der Waals surface area contributed by atoms with Gasteiger partial charge in [-0.2, -0.15) is 0 Å². The molecule has 2 atom stereocenters. The van der Waals surface area contributed by atoms with E-state index in [0.29, 0.717) is 19.4 Å². The standard InChI is InChI=1S/C6H12N2O2/c7-2-1-5-4(8)3-6(9)10-5/h4-5H,1-3,7-8H2/t4-,5-/m0/s1. The minimum Gasteiger partial charge on any atom is -0.461 e. The Labute approximate surface area is 59.5 Å². The van der Waals surface area contributed by atoms with Crippen LogP contribution in [0, 0.1) is 0 Å². The van der Waals surface area contributed by atoms with Gasteiger partial charge in [-0.3, -0.25) is 4.79 Å². The maximum absolute atomic E-state index is 10.6. The summed E-state index contributed by atoms with van der Waals surface area (Å²) in [5.41, 5.74) is 10.8. The first-order chi connectivity index (χ1) is 4.74. The molecule has 0 saturated carbocycles. The summed E-state index contributed by atoms with van der Waals surface area (Å²) in [6.07, 6.45) is 0.870. The van der Waals surface area contributed by atoms with Gasteiger partial charge in [0.25, 0.3) is 0 Å². The van der Waals surface area contributed by atoms with E-state index in [1.54, 1.807) is 0 Å². The third kappa shape index (κ3) is 1.46. The molecule has 1 aliphatic rings. The van der Waals surface area contributed by atoms with E-state index in [-0.39, 0.29) is 18.1 Å². The lowest BCUT2D eigenvalue weighted by molar-refractivity contribution is -0.141. The number of rotatable bonds is 2. The zero-order valence-electron chi connectivity index (χ0n) is 5.75. The fraction of sp³-hybridized carbons (Fsp3) is 0.833. The van der Waals surface area contributed by atoms with E-state index in [9.17, 15) is 4.79 Å². The van der Waals surface area contributed by atoms with Gasteiger partial charge in [0.1, 0.15) is 6.10 Å². The number of cyclic esters (lactones) is 1. The summed E-state index contributed by atoms with van der Waals surface area (Å²) in [4.78, 5) is 10.6. The molecule has 10 heavy (non-hydrogen) atoms. The van der Waals surface area contributed by atoms with Gasteiger partial charge in [0.05, 0.1) is 12.5 Å². The lowest BCUT2D eigenvalue weighted by atomic mass is 10.1. The van der Waals surface area contributed by atoms with Crippen LogP contribution in [0.2, 0.25) is 0 Å². The Morgan fingerprint density at radius 1 is 1.70 bits per heavy atom. The summed E-state index contributed by atoms with van der Waals surface area (Å²) in [5.74, 6) is -0.203. The first-order valence-electron chi connectivity index (χ1n) is 3.39. The molecule has 0 amide bonds. The number of carbonyl (C=O) groups is 1. The van der Waals surface area contributed by atoms with Gasteiger partial charge < -0.3 is 16.2 Å². The van der Waals surface area contributed by atoms with Gasteiger partial charge in [-0.15, -0.1) is 0 Å². The van der Waals surface area contributed by atoms with Gasteiger partial charge in [0.15, 0.2) is 0 Å². The van der Waals surface area contributed by atoms with Crippen LogP contribution in [0.1, 0.15) is 12.8 Å². The summed E-state index contributed by atoms with van der Waals surface area (Å²) < 4.78 is 4.87. The van der Waals surface area contributed by atoms with Crippen molar-refractivity contribution in [2.45, 2.75) is 25.0 Å². The van der Waals surface area contributed by atoms with Crippen molar-refractivity contribution in [1.29, 1.82) is 0 Å². The van der Waals surface area contributed by atoms with E-state index < -0.39 is 0 Å². The molecule has 0 aromatic heterocycles. The molecule has 58 valence electrons. The fourth-order valence-electron chi connectivity index (χ4n) is 1.07. The minimum absolute atomic E-state index is 0.141. The van der Waals surface area contributed by atoms with Crippen molar-refractivity contribution in [1.82, 2.24) is 0 Å². The number of carbonyl (C=O) groups excluding carboxylic acids is 1. The van der Waals surface area contributed by atoms with Crippen LogP contribution in [0.4, 0.5) is 0 Å². The molecule has 0 spiro atoms. The second-order valence-electron chi connectivity index (χ2n) is 2.47. The number of hydrogen-bond donors (Lipinski definition) is 2. The molecule has 0 aromatic carbocycles. The normalized spacial score (nSPS) is 32.4. The summed E-state index contributed by atoms with van der Waals surface area (Å²) in [6, 6.07) is -0.143. The smallest absolute Gasteiger partial charge is 0.307 e. The molecule has 0 bridgehead atoms. The summed E-state index contributed by atoms with van der Waals surface area (Å²) in [5, 5.41) is 0. The van der Waals surface area contributed by atoms with Crippen molar-refractivity contribution in [3.8, 4) is 0 Å². The molecule has 1 rings (SSSR count). The highest BCUT2D eigenvalue weighted by Gasteiger charge is 2.30. The molecule has 0 aromatic rings. The predicted molar refractivity (Wildman–Crippen MR) is 36.1 cm³/mol. The van der Waals surface area contributed by atoms with E-state index in [1.165, 1.54) is 0 Å². The highest BCUT2D eigenvalue weighted by Crippen LogP contribution is 2.14. The van der Waals surface area contributed by atoms with E-state index in [0.717, 1.165) is 0 Å². The first kappa shape index (κ1) is 7.50. The van der Waals surface area contributed by atoms with Crippen LogP contribution >= 0.6 is 0 Å². The Morgan fingerprint density at radius 2 is 2.40 bits per heavy atom. The molecule has 1 heterocycles. The molecule has 0 aliphatic carbocycles. The molecule has 0 unspecified atom stereocenters. The van der Waals surface area contributed by atoms with E-state index in [2.05, 4.69) is 0 Å². The zero-order valence-corrected chi connectivity index (χ0v) is 5.75. The second kappa shape index (κ2) is 2.98. The van der Waals surface area contributed by atoms with Gasteiger partial charge in [0.2, 0.25) is 0 Å². The van der Waals surface area contributed by atoms with Crippen molar-refractivity contribution in [3.63, 3.8) is 0 Å². The number of esters is 1. The van der Waals surface area contributed by atoms with Crippen LogP contribution in [0.25, 0.3) is 0 Å². The number of hydrogen-bond acceptors (Lipinski definition) is 4.